The van der Waals surface area contributed by atoms with Crippen molar-refractivity contribution in [1.82, 2.24) is 5.32 Å². The zero-order valence-corrected chi connectivity index (χ0v) is 11.4. The molecule has 1 saturated heterocycles. The SMILES string of the molecule is c1ccc(COc2ccc([C@@H]3COCCN3)cc2)cc1. The van der Waals surface area contributed by atoms with Crippen LogP contribution in [0, 0.1) is 0 Å². The molecule has 3 rings (SSSR count). The highest BCUT2D eigenvalue weighted by Crippen LogP contribution is 2.20. The van der Waals surface area contributed by atoms with E-state index < -0.39 is 0 Å². The van der Waals surface area contributed by atoms with Crippen LogP contribution < -0.4 is 10.1 Å². The number of hydrogen-bond acceptors (Lipinski definition) is 3. The van der Waals surface area contributed by atoms with E-state index in [-0.39, 0.29) is 0 Å². The Bertz CT molecular complexity index is 518. The molecular weight excluding hydrogens is 250 g/mol. The van der Waals surface area contributed by atoms with Gasteiger partial charge in [-0.15, -0.1) is 0 Å². The van der Waals surface area contributed by atoms with Gasteiger partial charge in [0.05, 0.1) is 19.3 Å². The van der Waals surface area contributed by atoms with E-state index in [0.717, 1.165) is 25.5 Å². The minimum absolute atomic E-state index is 0.298. The summed E-state index contributed by atoms with van der Waals surface area (Å²) in [5, 5.41) is 3.45. The second-order valence-corrected chi connectivity index (χ2v) is 4.92. The molecule has 2 aromatic rings. The molecule has 0 radical (unpaired) electrons. The number of rotatable bonds is 4. The summed E-state index contributed by atoms with van der Waals surface area (Å²) in [4.78, 5) is 0. The van der Waals surface area contributed by atoms with E-state index in [1.807, 2.05) is 30.3 Å². The number of nitrogens with one attached hydrogen (secondary N) is 1. The van der Waals surface area contributed by atoms with Crippen LogP contribution in [0.25, 0.3) is 0 Å². The molecule has 104 valence electrons. The maximum absolute atomic E-state index is 5.78. The van der Waals surface area contributed by atoms with Crippen molar-refractivity contribution in [2.24, 2.45) is 0 Å². The van der Waals surface area contributed by atoms with Gasteiger partial charge >= 0.3 is 0 Å². The Hall–Kier alpha value is -1.84. The van der Waals surface area contributed by atoms with Crippen molar-refractivity contribution in [2.75, 3.05) is 19.8 Å². The summed E-state index contributed by atoms with van der Waals surface area (Å²) in [6.07, 6.45) is 0. The quantitative estimate of drug-likeness (QED) is 0.925. The molecule has 0 spiro atoms. The number of benzene rings is 2. The molecule has 1 aliphatic rings. The standard InChI is InChI=1S/C17H19NO2/c1-2-4-14(5-3-1)12-20-16-8-6-15(7-9-16)17-13-19-11-10-18-17/h1-9,17-18H,10-13H2/t17-/m0/s1. The van der Waals surface area contributed by atoms with Crippen LogP contribution in [0.15, 0.2) is 54.6 Å². The molecule has 0 amide bonds. The highest BCUT2D eigenvalue weighted by atomic mass is 16.5. The number of hydrogen-bond donors (Lipinski definition) is 1. The fourth-order valence-corrected chi connectivity index (χ4v) is 2.32. The van der Waals surface area contributed by atoms with Crippen molar-refractivity contribution in [3.8, 4) is 5.75 Å². The van der Waals surface area contributed by atoms with E-state index in [2.05, 4.69) is 29.6 Å². The molecule has 3 nitrogen and oxygen atoms in total. The Morgan fingerprint density at radius 1 is 1.05 bits per heavy atom. The molecule has 20 heavy (non-hydrogen) atoms. The summed E-state index contributed by atoms with van der Waals surface area (Å²) in [7, 11) is 0. The largest absolute Gasteiger partial charge is 0.489 e. The Morgan fingerprint density at radius 2 is 1.85 bits per heavy atom. The van der Waals surface area contributed by atoms with Crippen LogP contribution in [-0.4, -0.2) is 19.8 Å². The molecule has 2 aromatic carbocycles. The van der Waals surface area contributed by atoms with E-state index in [1.165, 1.54) is 11.1 Å². The topological polar surface area (TPSA) is 30.5 Å². The van der Waals surface area contributed by atoms with E-state index in [1.54, 1.807) is 0 Å². The molecule has 1 heterocycles. The minimum atomic E-state index is 0.298. The van der Waals surface area contributed by atoms with E-state index in [9.17, 15) is 0 Å². The van der Waals surface area contributed by atoms with Gasteiger partial charge in [-0.05, 0) is 23.3 Å². The number of ether oxygens (including phenoxy) is 2. The lowest BCUT2D eigenvalue weighted by molar-refractivity contribution is 0.0768. The normalized spacial score (nSPS) is 18.7. The summed E-state index contributed by atoms with van der Waals surface area (Å²) in [6.45, 7) is 3.06. The second-order valence-electron chi connectivity index (χ2n) is 4.92. The third kappa shape index (κ3) is 3.38. The molecule has 0 bridgehead atoms. The highest BCUT2D eigenvalue weighted by molar-refractivity contribution is 5.29. The molecule has 0 unspecified atom stereocenters. The van der Waals surface area contributed by atoms with Crippen LogP contribution >= 0.6 is 0 Å². The van der Waals surface area contributed by atoms with Crippen LogP contribution in [0.5, 0.6) is 5.75 Å². The summed E-state index contributed by atoms with van der Waals surface area (Å²) >= 11 is 0. The Morgan fingerprint density at radius 3 is 2.55 bits per heavy atom. The lowest BCUT2D eigenvalue weighted by Gasteiger charge is -2.24. The molecule has 3 heteroatoms. The first kappa shape index (κ1) is 13.2. The molecule has 1 N–H and O–H groups in total. The molecular formula is C17H19NO2. The minimum Gasteiger partial charge on any atom is -0.489 e. The van der Waals surface area contributed by atoms with Crippen LogP contribution in [0.4, 0.5) is 0 Å². The molecule has 1 fully saturated rings. The molecule has 0 aliphatic carbocycles. The lowest BCUT2D eigenvalue weighted by Crippen LogP contribution is -2.34. The van der Waals surface area contributed by atoms with Crippen molar-refractivity contribution in [2.45, 2.75) is 12.6 Å². The van der Waals surface area contributed by atoms with Gasteiger partial charge in [0.25, 0.3) is 0 Å². The van der Waals surface area contributed by atoms with Gasteiger partial charge in [0.1, 0.15) is 12.4 Å². The van der Waals surface area contributed by atoms with Crippen LogP contribution in [0.2, 0.25) is 0 Å². The average Bonchev–Trinajstić information content (AvgIpc) is 2.55. The summed E-state index contributed by atoms with van der Waals surface area (Å²) in [5.41, 5.74) is 2.43. The van der Waals surface area contributed by atoms with Gasteiger partial charge in [0.2, 0.25) is 0 Å². The van der Waals surface area contributed by atoms with E-state index in [0.29, 0.717) is 12.6 Å². The lowest BCUT2D eigenvalue weighted by atomic mass is 10.1. The average molecular weight is 269 g/mol. The van der Waals surface area contributed by atoms with Gasteiger partial charge in [-0.25, -0.2) is 0 Å². The Kier molecular flexibility index (Phi) is 4.31. The fourth-order valence-electron chi connectivity index (χ4n) is 2.32. The van der Waals surface area contributed by atoms with Gasteiger partial charge in [0, 0.05) is 6.54 Å². The predicted molar refractivity (Wildman–Crippen MR) is 78.8 cm³/mol. The second kappa shape index (κ2) is 6.55. The van der Waals surface area contributed by atoms with Crippen molar-refractivity contribution in [3.05, 3.63) is 65.7 Å². The van der Waals surface area contributed by atoms with Crippen molar-refractivity contribution in [3.63, 3.8) is 0 Å². The maximum Gasteiger partial charge on any atom is 0.119 e. The molecule has 0 saturated carbocycles. The zero-order chi connectivity index (χ0) is 13.6. The first-order valence-electron chi connectivity index (χ1n) is 6.99. The number of morpholine rings is 1. The maximum atomic E-state index is 5.78. The summed E-state index contributed by atoms with van der Waals surface area (Å²) in [5.74, 6) is 0.898. The van der Waals surface area contributed by atoms with Crippen LogP contribution in [0.3, 0.4) is 0 Å². The third-order valence-electron chi connectivity index (χ3n) is 3.45. The first-order chi connectivity index (χ1) is 9.92. The van der Waals surface area contributed by atoms with Gasteiger partial charge < -0.3 is 14.8 Å². The van der Waals surface area contributed by atoms with Gasteiger partial charge in [-0.1, -0.05) is 42.5 Å². The highest BCUT2D eigenvalue weighted by Gasteiger charge is 2.14. The molecule has 1 aliphatic heterocycles. The van der Waals surface area contributed by atoms with E-state index >= 15 is 0 Å². The van der Waals surface area contributed by atoms with Crippen molar-refractivity contribution < 1.29 is 9.47 Å². The fraction of sp³-hybridized carbons (Fsp3) is 0.294. The Balaban J connectivity index is 1.58. The van der Waals surface area contributed by atoms with Gasteiger partial charge in [0.15, 0.2) is 0 Å². The van der Waals surface area contributed by atoms with Gasteiger partial charge in [-0.2, -0.15) is 0 Å². The zero-order valence-electron chi connectivity index (χ0n) is 11.4. The first-order valence-corrected chi connectivity index (χ1v) is 6.99. The van der Waals surface area contributed by atoms with Gasteiger partial charge in [-0.3, -0.25) is 0 Å². The van der Waals surface area contributed by atoms with Crippen molar-refractivity contribution in [1.29, 1.82) is 0 Å². The van der Waals surface area contributed by atoms with Crippen LogP contribution in [-0.2, 0) is 11.3 Å². The Labute approximate surface area is 119 Å². The predicted octanol–water partition coefficient (Wildman–Crippen LogP) is 2.93. The third-order valence-corrected chi connectivity index (χ3v) is 3.45. The monoisotopic (exact) mass is 269 g/mol. The molecule has 1 atom stereocenters. The summed E-state index contributed by atoms with van der Waals surface area (Å²) in [6, 6.07) is 18.7. The van der Waals surface area contributed by atoms with E-state index in [4.69, 9.17) is 9.47 Å². The smallest absolute Gasteiger partial charge is 0.119 e. The summed E-state index contributed by atoms with van der Waals surface area (Å²) < 4.78 is 11.3. The van der Waals surface area contributed by atoms with Crippen molar-refractivity contribution >= 4 is 0 Å². The molecule has 0 aromatic heterocycles. The van der Waals surface area contributed by atoms with Crippen LogP contribution in [0.1, 0.15) is 17.2 Å².